The first-order valence-corrected chi connectivity index (χ1v) is 7.32. The number of imidazole rings is 1. The zero-order valence-corrected chi connectivity index (χ0v) is 11.7. The smallest absolute Gasteiger partial charge is 0.194 e. The molecule has 4 nitrogen and oxygen atoms in total. The molecule has 1 aliphatic rings. The van der Waals surface area contributed by atoms with E-state index in [4.69, 9.17) is 4.74 Å². The molecule has 0 aromatic carbocycles. The summed E-state index contributed by atoms with van der Waals surface area (Å²) in [4.78, 5) is 6.99. The van der Waals surface area contributed by atoms with Crippen molar-refractivity contribution in [2.24, 2.45) is 0 Å². The summed E-state index contributed by atoms with van der Waals surface area (Å²) in [6.07, 6.45) is 4.96. The van der Waals surface area contributed by atoms with E-state index in [1.807, 2.05) is 0 Å². The summed E-state index contributed by atoms with van der Waals surface area (Å²) in [6, 6.07) is 0. The molecule has 0 bridgehead atoms. The Hall–Kier alpha value is -0.910. The Morgan fingerprint density at radius 1 is 1.56 bits per heavy atom. The predicted octanol–water partition coefficient (Wildman–Crippen LogP) is 2.28. The van der Waals surface area contributed by atoms with Crippen LogP contribution < -0.4 is 5.32 Å². The monoisotopic (exact) mass is 265 g/mol. The number of nitrogens with zero attached hydrogens (tertiary/aromatic N) is 2. The van der Waals surface area contributed by atoms with E-state index in [1.54, 1.807) is 11.3 Å². The van der Waals surface area contributed by atoms with Crippen molar-refractivity contribution in [2.75, 3.05) is 13.2 Å². The SMILES string of the molecule is Cc1cn2c(CNCC3CCCO3)c(C)nc2s1. The molecule has 1 N–H and O–H groups in total. The number of thiazole rings is 1. The van der Waals surface area contributed by atoms with Crippen molar-refractivity contribution in [2.45, 2.75) is 39.3 Å². The lowest BCUT2D eigenvalue weighted by Gasteiger charge is -2.10. The van der Waals surface area contributed by atoms with Gasteiger partial charge in [-0.15, -0.1) is 11.3 Å². The lowest BCUT2D eigenvalue weighted by Crippen LogP contribution is -2.26. The highest BCUT2D eigenvalue weighted by atomic mass is 32.1. The summed E-state index contributed by atoms with van der Waals surface area (Å²) in [5, 5.41) is 3.49. The Balaban J connectivity index is 1.67. The zero-order valence-electron chi connectivity index (χ0n) is 10.9. The third-order valence-electron chi connectivity index (χ3n) is 3.43. The fraction of sp³-hybridized carbons (Fsp3) is 0.615. The van der Waals surface area contributed by atoms with Gasteiger partial charge in [-0.05, 0) is 26.7 Å². The minimum Gasteiger partial charge on any atom is -0.377 e. The summed E-state index contributed by atoms with van der Waals surface area (Å²) >= 11 is 1.75. The molecule has 0 spiro atoms. The molecule has 18 heavy (non-hydrogen) atoms. The summed E-state index contributed by atoms with van der Waals surface area (Å²) in [5.41, 5.74) is 2.40. The molecule has 5 heteroatoms. The average molecular weight is 265 g/mol. The third-order valence-corrected chi connectivity index (χ3v) is 4.33. The normalized spacial score (nSPS) is 20.0. The van der Waals surface area contributed by atoms with Gasteiger partial charge in [0, 0.05) is 30.8 Å². The van der Waals surface area contributed by atoms with Gasteiger partial charge < -0.3 is 10.1 Å². The molecule has 0 radical (unpaired) electrons. The molecule has 1 atom stereocenters. The number of aryl methyl sites for hydroxylation is 2. The van der Waals surface area contributed by atoms with E-state index in [-0.39, 0.29) is 0 Å². The van der Waals surface area contributed by atoms with Crippen LogP contribution in [0, 0.1) is 13.8 Å². The van der Waals surface area contributed by atoms with Crippen molar-refractivity contribution in [3.63, 3.8) is 0 Å². The van der Waals surface area contributed by atoms with Gasteiger partial charge in [0.15, 0.2) is 4.96 Å². The Morgan fingerprint density at radius 2 is 2.44 bits per heavy atom. The highest BCUT2D eigenvalue weighted by Gasteiger charge is 2.16. The molecular weight excluding hydrogens is 246 g/mol. The van der Waals surface area contributed by atoms with Gasteiger partial charge in [0.1, 0.15) is 0 Å². The summed E-state index contributed by atoms with van der Waals surface area (Å²) in [6.45, 7) is 6.93. The molecule has 1 aliphatic heterocycles. The van der Waals surface area contributed by atoms with Crippen LogP contribution in [0.1, 0.15) is 29.1 Å². The molecule has 3 rings (SSSR count). The van der Waals surface area contributed by atoms with Crippen LogP contribution in [0.4, 0.5) is 0 Å². The second kappa shape index (κ2) is 4.99. The number of nitrogens with one attached hydrogen (secondary N) is 1. The lowest BCUT2D eigenvalue weighted by molar-refractivity contribution is 0.110. The van der Waals surface area contributed by atoms with Gasteiger partial charge in [0.25, 0.3) is 0 Å². The molecule has 2 aromatic heterocycles. The number of ether oxygens (including phenoxy) is 1. The molecule has 2 aromatic rings. The van der Waals surface area contributed by atoms with Gasteiger partial charge in [-0.25, -0.2) is 4.98 Å². The standard InChI is InChI=1S/C13H19N3OS/c1-9-8-16-12(10(2)15-13(16)18-9)7-14-6-11-4-3-5-17-11/h8,11,14H,3-7H2,1-2H3. The first-order chi connectivity index (χ1) is 8.74. The summed E-state index contributed by atoms with van der Waals surface area (Å²) in [7, 11) is 0. The second-order valence-electron chi connectivity index (χ2n) is 4.90. The van der Waals surface area contributed by atoms with E-state index in [2.05, 4.69) is 34.7 Å². The second-order valence-corrected chi connectivity index (χ2v) is 6.12. The fourth-order valence-electron chi connectivity index (χ4n) is 2.48. The van der Waals surface area contributed by atoms with E-state index in [1.165, 1.54) is 23.4 Å². The maximum absolute atomic E-state index is 5.61. The number of fused-ring (bicyclic) bond motifs is 1. The topological polar surface area (TPSA) is 38.6 Å². The van der Waals surface area contributed by atoms with Crippen molar-refractivity contribution in [1.82, 2.24) is 14.7 Å². The van der Waals surface area contributed by atoms with Crippen LogP contribution in [0.3, 0.4) is 0 Å². The van der Waals surface area contributed by atoms with Crippen molar-refractivity contribution in [3.05, 3.63) is 22.5 Å². The van der Waals surface area contributed by atoms with Gasteiger partial charge in [-0.2, -0.15) is 0 Å². The van der Waals surface area contributed by atoms with E-state index < -0.39 is 0 Å². The number of hydrogen-bond acceptors (Lipinski definition) is 4. The zero-order chi connectivity index (χ0) is 12.5. The Bertz CT molecular complexity index is 540. The Morgan fingerprint density at radius 3 is 3.22 bits per heavy atom. The van der Waals surface area contributed by atoms with Crippen LogP contribution in [0.25, 0.3) is 4.96 Å². The predicted molar refractivity (Wildman–Crippen MR) is 73.2 cm³/mol. The maximum Gasteiger partial charge on any atom is 0.194 e. The number of rotatable bonds is 4. The van der Waals surface area contributed by atoms with Crippen molar-refractivity contribution >= 4 is 16.3 Å². The molecular formula is C13H19N3OS. The quantitative estimate of drug-likeness (QED) is 0.921. The maximum atomic E-state index is 5.61. The van der Waals surface area contributed by atoms with Crippen LogP contribution in [-0.2, 0) is 11.3 Å². The molecule has 98 valence electrons. The lowest BCUT2D eigenvalue weighted by atomic mass is 10.2. The first kappa shape index (κ1) is 12.1. The van der Waals surface area contributed by atoms with Crippen LogP contribution in [0.15, 0.2) is 6.20 Å². The number of aromatic nitrogens is 2. The van der Waals surface area contributed by atoms with E-state index in [0.29, 0.717) is 6.10 Å². The molecule has 1 saturated heterocycles. The largest absolute Gasteiger partial charge is 0.377 e. The minimum atomic E-state index is 0.401. The molecule has 1 fully saturated rings. The van der Waals surface area contributed by atoms with Gasteiger partial charge in [-0.1, -0.05) is 0 Å². The highest BCUT2D eigenvalue weighted by Crippen LogP contribution is 2.20. The van der Waals surface area contributed by atoms with Crippen LogP contribution >= 0.6 is 11.3 Å². The van der Waals surface area contributed by atoms with Crippen molar-refractivity contribution < 1.29 is 4.74 Å². The van der Waals surface area contributed by atoms with Crippen molar-refractivity contribution in [3.8, 4) is 0 Å². The van der Waals surface area contributed by atoms with Gasteiger partial charge in [0.05, 0.1) is 17.5 Å². The molecule has 0 amide bonds. The summed E-state index contributed by atoms with van der Waals surface area (Å²) in [5.74, 6) is 0. The fourth-order valence-corrected chi connectivity index (χ4v) is 3.37. The van der Waals surface area contributed by atoms with E-state index >= 15 is 0 Å². The Labute approximate surface area is 111 Å². The molecule has 0 saturated carbocycles. The van der Waals surface area contributed by atoms with E-state index in [0.717, 1.165) is 30.4 Å². The van der Waals surface area contributed by atoms with Crippen LogP contribution in [0.2, 0.25) is 0 Å². The van der Waals surface area contributed by atoms with Crippen LogP contribution in [0.5, 0.6) is 0 Å². The van der Waals surface area contributed by atoms with Gasteiger partial charge in [0.2, 0.25) is 0 Å². The average Bonchev–Trinajstić information content (AvgIpc) is 2.99. The van der Waals surface area contributed by atoms with E-state index in [9.17, 15) is 0 Å². The number of hydrogen-bond donors (Lipinski definition) is 1. The summed E-state index contributed by atoms with van der Waals surface area (Å²) < 4.78 is 7.82. The molecule has 0 aliphatic carbocycles. The van der Waals surface area contributed by atoms with Gasteiger partial charge >= 0.3 is 0 Å². The third kappa shape index (κ3) is 2.30. The minimum absolute atomic E-state index is 0.401. The Kier molecular flexibility index (Phi) is 3.37. The van der Waals surface area contributed by atoms with Gasteiger partial charge in [-0.3, -0.25) is 4.40 Å². The highest BCUT2D eigenvalue weighted by molar-refractivity contribution is 7.17. The first-order valence-electron chi connectivity index (χ1n) is 6.50. The molecule has 3 heterocycles. The molecule has 1 unspecified atom stereocenters. The van der Waals surface area contributed by atoms with Crippen molar-refractivity contribution in [1.29, 1.82) is 0 Å². The van der Waals surface area contributed by atoms with Crippen LogP contribution in [-0.4, -0.2) is 28.6 Å².